The molecular weight excluding hydrogens is 348 g/mol. The Bertz CT molecular complexity index is 690. The largest absolute Gasteiger partial charge is 0.495 e. The van der Waals surface area contributed by atoms with E-state index in [0.717, 1.165) is 6.42 Å². The number of carbonyl (C=O) groups is 2. The fourth-order valence-electron chi connectivity index (χ4n) is 1.91. The van der Waals surface area contributed by atoms with E-state index in [2.05, 4.69) is 10.0 Å². The molecule has 1 aromatic rings. The Labute approximate surface area is 147 Å². The van der Waals surface area contributed by atoms with E-state index in [-0.39, 0.29) is 5.75 Å². The minimum atomic E-state index is -3.55. The van der Waals surface area contributed by atoms with Gasteiger partial charge in [-0.05, 0) is 25.5 Å². The fourth-order valence-corrected chi connectivity index (χ4v) is 3.33. The zero-order chi connectivity index (χ0) is 18.9. The van der Waals surface area contributed by atoms with Gasteiger partial charge in [-0.2, -0.15) is 0 Å². The average molecular weight is 372 g/mol. The lowest BCUT2D eigenvalue weighted by molar-refractivity contribution is -0.148. The summed E-state index contributed by atoms with van der Waals surface area (Å²) in [6, 6.07) is 5.72. The molecule has 25 heavy (non-hydrogen) atoms. The zero-order valence-corrected chi connectivity index (χ0v) is 15.4. The molecule has 0 spiro atoms. The molecule has 0 heterocycles. The molecule has 1 amide bonds. The predicted molar refractivity (Wildman–Crippen MR) is 93.9 cm³/mol. The van der Waals surface area contributed by atoms with Crippen molar-refractivity contribution in [2.24, 2.45) is 0 Å². The van der Waals surface area contributed by atoms with E-state index in [0.29, 0.717) is 17.9 Å². The summed E-state index contributed by atoms with van der Waals surface area (Å²) in [4.78, 5) is 23.7. The monoisotopic (exact) mass is 372 g/mol. The molecule has 0 bridgehead atoms. The number of ether oxygens (including phenoxy) is 2. The van der Waals surface area contributed by atoms with Gasteiger partial charge in [-0.1, -0.05) is 25.5 Å². The van der Waals surface area contributed by atoms with Crippen molar-refractivity contribution in [3.63, 3.8) is 0 Å². The van der Waals surface area contributed by atoms with Crippen molar-refractivity contribution >= 4 is 27.6 Å². The molecule has 8 nitrogen and oxygen atoms in total. The molecule has 9 heteroatoms. The van der Waals surface area contributed by atoms with Crippen molar-refractivity contribution in [1.29, 1.82) is 0 Å². The van der Waals surface area contributed by atoms with Crippen LogP contribution in [0.1, 0.15) is 26.7 Å². The van der Waals surface area contributed by atoms with E-state index in [1.165, 1.54) is 14.0 Å². The summed E-state index contributed by atoms with van der Waals surface area (Å²) < 4.78 is 35.7. The van der Waals surface area contributed by atoms with Crippen LogP contribution >= 0.6 is 0 Å². The maximum absolute atomic E-state index is 11.9. The molecule has 140 valence electrons. The normalized spacial score (nSPS) is 12.3. The Morgan fingerprint density at radius 2 is 1.92 bits per heavy atom. The molecule has 0 saturated carbocycles. The molecule has 0 fully saturated rings. The Morgan fingerprint density at radius 1 is 1.24 bits per heavy atom. The number of rotatable bonds is 10. The third-order valence-corrected chi connectivity index (χ3v) is 4.74. The van der Waals surface area contributed by atoms with Crippen LogP contribution in [0.3, 0.4) is 0 Å². The van der Waals surface area contributed by atoms with Gasteiger partial charge in [-0.25, -0.2) is 13.1 Å². The van der Waals surface area contributed by atoms with Crippen LogP contribution in [-0.2, 0) is 24.3 Å². The highest BCUT2D eigenvalue weighted by molar-refractivity contribution is 7.89. The molecule has 0 aliphatic heterocycles. The van der Waals surface area contributed by atoms with Gasteiger partial charge in [0.2, 0.25) is 10.0 Å². The first-order valence-corrected chi connectivity index (χ1v) is 9.53. The molecule has 1 atom stereocenters. The van der Waals surface area contributed by atoms with Crippen molar-refractivity contribution in [3.8, 4) is 5.75 Å². The number of benzene rings is 1. The van der Waals surface area contributed by atoms with Gasteiger partial charge in [-0.3, -0.25) is 9.59 Å². The van der Waals surface area contributed by atoms with Crippen LogP contribution in [0.4, 0.5) is 5.69 Å². The maximum atomic E-state index is 11.9. The molecule has 0 aromatic heterocycles. The SMILES string of the molecule is CCCCS(=O)(=O)N[C@@H](C)C(=O)OCC(=O)Nc1ccccc1OC. The van der Waals surface area contributed by atoms with Crippen LogP contribution in [0.15, 0.2) is 24.3 Å². The third-order valence-electron chi connectivity index (χ3n) is 3.20. The smallest absolute Gasteiger partial charge is 0.324 e. The number of hydrogen-bond acceptors (Lipinski definition) is 6. The number of hydrogen-bond donors (Lipinski definition) is 2. The number of anilines is 1. The van der Waals surface area contributed by atoms with Crippen molar-refractivity contribution in [3.05, 3.63) is 24.3 Å². The van der Waals surface area contributed by atoms with Gasteiger partial charge in [0.05, 0.1) is 18.6 Å². The Morgan fingerprint density at radius 3 is 2.56 bits per heavy atom. The predicted octanol–water partition coefficient (Wildman–Crippen LogP) is 1.28. The zero-order valence-electron chi connectivity index (χ0n) is 14.6. The van der Waals surface area contributed by atoms with Crippen LogP contribution in [0.5, 0.6) is 5.75 Å². The highest BCUT2D eigenvalue weighted by Crippen LogP contribution is 2.22. The van der Waals surface area contributed by atoms with Crippen LogP contribution < -0.4 is 14.8 Å². The van der Waals surface area contributed by atoms with Gasteiger partial charge in [0, 0.05) is 0 Å². The fraction of sp³-hybridized carbons (Fsp3) is 0.500. The first kappa shape index (κ1) is 20.9. The minimum Gasteiger partial charge on any atom is -0.495 e. The highest BCUT2D eigenvalue weighted by Gasteiger charge is 2.22. The molecule has 0 saturated heterocycles. The van der Waals surface area contributed by atoms with E-state index in [1.54, 1.807) is 24.3 Å². The van der Waals surface area contributed by atoms with E-state index in [9.17, 15) is 18.0 Å². The first-order chi connectivity index (χ1) is 11.8. The molecule has 1 aromatic carbocycles. The van der Waals surface area contributed by atoms with Gasteiger partial charge < -0.3 is 14.8 Å². The van der Waals surface area contributed by atoms with Crippen molar-refractivity contribution in [2.75, 3.05) is 24.8 Å². The molecule has 0 aliphatic carbocycles. The topological polar surface area (TPSA) is 111 Å². The lowest BCUT2D eigenvalue weighted by Gasteiger charge is -2.14. The van der Waals surface area contributed by atoms with E-state index in [1.807, 2.05) is 6.92 Å². The summed E-state index contributed by atoms with van der Waals surface area (Å²) in [6.07, 6.45) is 1.22. The highest BCUT2D eigenvalue weighted by atomic mass is 32.2. The molecule has 0 unspecified atom stereocenters. The summed E-state index contributed by atoms with van der Waals surface area (Å²) in [7, 11) is -2.08. The number of nitrogens with one attached hydrogen (secondary N) is 2. The molecular formula is C16H24N2O6S. The van der Waals surface area contributed by atoms with Crippen LogP contribution in [0, 0.1) is 0 Å². The van der Waals surface area contributed by atoms with E-state index >= 15 is 0 Å². The van der Waals surface area contributed by atoms with Gasteiger partial charge in [0.25, 0.3) is 5.91 Å². The average Bonchev–Trinajstić information content (AvgIpc) is 2.58. The summed E-state index contributed by atoms with van der Waals surface area (Å²) in [5.41, 5.74) is 0.444. The second kappa shape index (κ2) is 10.00. The Hall–Kier alpha value is -2.13. The van der Waals surface area contributed by atoms with Crippen LogP contribution in [0.25, 0.3) is 0 Å². The molecule has 0 radical (unpaired) electrons. The number of unbranched alkanes of at least 4 members (excludes halogenated alkanes) is 1. The number of sulfonamides is 1. The number of para-hydroxylation sites is 2. The second-order valence-electron chi connectivity index (χ2n) is 5.37. The first-order valence-electron chi connectivity index (χ1n) is 7.88. The molecule has 1 rings (SSSR count). The van der Waals surface area contributed by atoms with Crippen molar-refractivity contribution in [2.45, 2.75) is 32.7 Å². The number of amides is 1. The van der Waals surface area contributed by atoms with Crippen LogP contribution in [-0.4, -0.2) is 45.8 Å². The Balaban J connectivity index is 2.48. The summed E-state index contributed by atoms with van der Waals surface area (Å²) in [6.45, 7) is 2.70. The van der Waals surface area contributed by atoms with Gasteiger partial charge in [0.1, 0.15) is 11.8 Å². The summed E-state index contributed by atoms with van der Waals surface area (Å²) in [5, 5.41) is 2.55. The minimum absolute atomic E-state index is 0.0601. The van der Waals surface area contributed by atoms with E-state index in [4.69, 9.17) is 9.47 Å². The molecule has 0 aliphatic rings. The second-order valence-corrected chi connectivity index (χ2v) is 7.24. The summed E-state index contributed by atoms with van der Waals surface area (Å²) in [5.74, 6) is -0.969. The Kier molecular flexibility index (Phi) is 8.36. The van der Waals surface area contributed by atoms with E-state index < -0.39 is 34.5 Å². The quantitative estimate of drug-likeness (QED) is 0.599. The number of methoxy groups -OCH3 is 1. The number of carbonyl (C=O) groups excluding carboxylic acids is 2. The van der Waals surface area contributed by atoms with Crippen molar-refractivity contribution in [1.82, 2.24) is 4.72 Å². The maximum Gasteiger partial charge on any atom is 0.324 e. The number of esters is 1. The summed E-state index contributed by atoms with van der Waals surface area (Å²) >= 11 is 0. The standard InChI is InChI=1S/C16H24N2O6S/c1-4-5-10-25(21,22)18-12(2)16(20)24-11-15(19)17-13-8-6-7-9-14(13)23-3/h6-9,12,18H,4-5,10-11H2,1-3H3,(H,17,19)/t12-/m0/s1. The van der Waals surface area contributed by atoms with Gasteiger partial charge >= 0.3 is 5.97 Å². The lowest BCUT2D eigenvalue weighted by atomic mass is 10.3. The van der Waals surface area contributed by atoms with Crippen molar-refractivity contribution < 1.29 is 27.5 Å². The van der Waals surface area contributed by atoms with Crippen LogP contribution in [0.2, 0.25) is 0 Å². The lowest BCUT2D eigenvalue weighted by Crippen LogP contribution is -2.41. The third kappa shape index (κ3) is 7.53. The van der Waals surface area contributed by atoms with Gasteiger partial charge in [0.15, 0.2) is 6.61 Å². The van der Waals surface area contributed by atoms with Gasteiger partial charge in [-0.15, -0.1) is 0 Å². The molecule has 2 N–H and O–H groups in total.